The highest BCUT2D eigenvalue weighted by Crippen LogP contribution is 2.53. The van der Waals surface area contributed by atoms with E-state index in [1.54, 1.807) is 0 Å². The summed E-state index contributed by atoms with van der Waals surface area (Å²) >= 11 is 0. The first-order valence-electron chi connectivity index (χ1n) is 23.9. The van der Waals surface area contributed by atoms with E-state index in [0.29, 0.717) is 11.1 Å². The van der Waals surface area contributed by atoms with Gasteiger partial charge in [0, 0.05) is 43.4 Å². The number of para-hydroxylation sites is 4. The fourth-order valence-corrected chi connectivity index (χ4v) is 11.1. The lowest BCUT2D eigenvalue weighted by molar-refractivity contribution is 0.669. The predicted molar refractivity (Wildman–Crippen MR) is 294 cm³/mol. The fraction of sp³-hybridized carbons (Fsp3) is 0. The average Bonchev–Trinajstić information content (AvgIpc) is 4.03. The quantitative estimate of drug-likeness (QED) is 0.141. The molecule has 0 bridgehead atoms. The van der Waals surface area contributed by atoms with Crippen molar-refractivity contribution in [3.8, 4) is 34.4 Å². The van der Waals surface area contributed by atoms with Gasteiger partial charge in [0.2, 0.25) is 0 Å². The van der Waals surface area contributed by atoms with E-state index in [0.717, 1.165) is 133 Å². The van der Waals surface area contributed by atoms with Crippen molar-refractivity contribution in [1.29, 1.82) is 10.5 Å². The first kappa shape index (κ1) is 40.9. The molecule has 6 heteroatoms. The van der Waals surface area contributed by atoms with Gasteiger partial charge < -0.3 is 18.6 Å². The lowest BCUT2D eigenvalue weighted by Gasteiger charge is -2.31. The molecule has 0 aliphatic carbocycles. The van der Waals surface area contributed by atoms with E-state index < -0.39 is 0 Å². The van der Waals surface area contributed by atoms with E-state index in [9.17, 15) is 10.5 Å². The summed E-state index contributed by atoms with van der Waals surface area (Å²) in [6, 6.07) is 84.2. The Hall–Kier alpha value is -10.1. The summed E-state index contributed by atoms with van der Waals surface area (Å²) < 4.78 is 13.7. The van der Waals surface area contributed by atoms with E-state index >= 15 is 0 Å². The van der Waals surface area contributed by atoms with Crippen LogP contribution in [-0.2, 0) is 0 Å². The number of fused-ring (bicyclic) bond motifs is 6. The van der Waals surface area contributed by atoms with Gasteiger partial charge in [0.15, 0.2) is 11.2 Å². The first-order chi connectivity index (χ1) is 35.6. The number of benzene rings is 12. The molecule has 0 N–H and O–H groups in total. The maximum atomic E-state index is 10.3. The van der Waals surface area contributed by atoms with E-state index in [2.05, 4.69) is 155 Å². The molecule has 0 aliphatic rings. The minimum absolute atomic E-state index is 0.572. The summed E-state index contributed by atoms with van der Waals surface area (Å²) in [4.78, 5) is 4.65. The van der Waals surface area contributed by atoms with Crippen LogP contribution in [0.4, 0.5) is 34.1 Å². The minimum atomic E-state index is 0.572. The zero-order valence-corrected chi connectivity index (χ0v) is 38.5. The smallest absolute Gasteiger partial charge is 0.159 e. The molecule has 0 saturated carbocycles. The summed E-state index contributed by atoms with van der Waals surface area (Å²) in [5.41, 5.74) is 13.6. The molecule has 334 valence electrons. The molecular formula is C66H38N4O2. The van der Waals surface area contributed by atoms with Crippen LogP contribution in [0.1, 0.15) is 11.1 Å². The normalized spacial score (nSPS) is 11.6. The lowest BCUT2D eigenvalue weighted by atomic mass is 9.90. The number of hydrogen-bond donors (Lipinski definition) is 0. The molecule has 2 heterocycles. The van der Waals surface area contributed by atoms with Crippen molar-refractivity contribution in [3.63, 3.8) is 0 Å². The fourth-order valence-electron chi connectivity index (χ4n) is 11.1. The van der Waals surface area contributed by atoms with Gasteiger partial charge in [0.05, 0.1) is 57.4 Å². The Balaban J connectivity index is 1.08. The Morgan fingerprint density at radius 2 is 0.750 bits per heavy atom. The maximum Gasteiger partial charge on any atom is 0.159 e. The lowest BCUT2D eigenvalue weighted by Crippen LogP contribution is -2.13. The monoisotopic (exact) mass is 918 g/mol. The average molecular weight is 919 g/mol. The third kappa shape index (κ3) is 6.27. The third-order valence-electron chi connectivity index (χ3n) is 14.2. The van der Waals surface area contributed by atoms with Gasteiger partial charge in [0.25, 0.3) is 0 Å². The van der Waals surface area contributed by atoms with Crippen LogP contribution in [0.5, 0.6) is 0 Å². The summed E-state index contributed by atoms with van der Waals surface area (Å²) in [5, 5.41) is 31.2. The van der Waals surface area contributed by atoms with Crippen molar-refractivity contribution >= 4 is 110 Å². The molecular weight excluding hydrogens is 881 g/mol. The highest BCUT2D eigenvalue weighted by molar-refractivity contribution is 6.30. The summed E-state index contributed by atoms with van der Waals surface area (Å²) in [5.74, 6) is 0. The van der Waals surface area contributed by atoms with Crippen LogP contribution >= 0.6 is 0 Å². The Labute approximate surface area is 413 Å². The van der Waals surface area contributed by atoms with Crippen molar-refractivity contribution < 1.29 is 8.83 Å². The number of nitriles is 2. The Bertz CT molecular complexity index is 4550. The van der Waals surface area contributed by atoms with Crippen LogP contribution in [0.25, 0.3) is 98.4 Å². The van der Waals surface area contributed by atoms with Gasteiger partial charge in [-0.1, -0.05) is 158 Å². The van der Waals surface area contributed by atoms with Gasteiger partial charge in [0.1, 0.15) is 11.2 Å². The topological polar surface area (TPSA) is 80.3 Å². The molecule has 14 rings (SSSR count). The largest absolute Gasteiger partial charge is 0.454 e. The molecule has 2 aromatic heterocycles. The number of rotatable bonds is 8. The molecule has 0 atom stereocenters. The van der Waals surface area contributed by atoms with Gasteiger partial charge in [-0.3, -0.25) is 0 Å². The molecule has 12 aromatic carbocycles. The summed E-state index contributed by atoms with van der Waals surface area (Å²) in [6.07, 6.45) is 0. The predicted octanol–water partition coefficient (Wildman–Crippen LogP) is 18.4. The van der Waals surface area contributed by atoms with Crippen molar-refractivity contribution in [2.45, 2.75) is 0 Å². The van der Waals surface area contributed by atoms with Crippen molar-refractivity contribution in [3.05, 3.63) is 242 Å². The van der Waals surface area contributed by atoms with Gasteiger partial charge >= 0.3 is 0 Å². The van der Waals surface area contributed by atoms with Crippen LogP contribution in [0.15, 0.2) is 239 Å². The summed E-state index contributed by atoms with van der Waals surface area (Å²) in [7, 11) is 0. The number of furan rings is 2. The van der Waals surface area contributed by atoms with Crippen molar-refractivity contribution in [2.75, 3.05) is 9.80 Å². The molecule has 0 aliphatic heterocycles. The van der Waals surface area contributed by atoms with E-state index in [1.165, 1.54) is 0 Å². The number of hydrogen-bond acceptors (Lipinski definition) is 6. The third-order valence-corrected chi connectivity index (χ3v) is 14.2. The van der Waals surface area contributed by atoms with Crippen LogP contribution in [-0.4, -0.2) is 0 Å². The second-order valence-corrected chi connectivity index (χ2v) is 18.2. The van der Waals surface area contributed by atoms with Crippen LogP contribution in [0, 0.1) is 22.7 Å². The molecule has 0 radical (unpaired) electrons. The zero-order valence-electron chi connectivity index (χ0n) is 38.5. The van der Waals surface area contributed by atoms with E-state index in [4.69, 9.17) is 8.83 Å². The van der Waals surface area contributed by atoms with E-state index in [1.807, 2.05) is 97.1 Å². The number of nitrogens with zero attached hydrogens (tertiary/aromatic N) is 4. The van der Waals surface area contributed by atoms with Crippen molar-refractivity contribution in [2.24, 2.45) is 0 Å². The molecule has 0 saturated heterocycles. The standard InChI is InChI=1S/C66H38N4O2/c67-39-41-28-33-56(53(36-41)43-14-3-1-4-15-43)69(58-24-12-21-49-47-19-7-9-26-61(47)71-65(49)58)55-35-31-46-38-60(51-23-11-18-45-30-32-52(55)64(46)63(45)51)70(57-34-29-42(40-68)37-54(57)44-16-5-2-6-17-44)59-25-13-22-50-48-20-8-10-27-62(48)72-66(50)59/h1-38H. The Morgan fingerprint density at radius 1 is 0.306 bits per heavy atom. The Kier molecular flexibility index (Phi) is 9.23. The molecule has 0 amide bonds. The number of anilines is 6. The molecule has 0 unspecified atom stereocenters. The second-order valence-electron chi connectivity index (χ2n) is 18.2. The highest BCUT2D eigenvalue weighted by Gasteiger charge is 2.28. The molecule has 6 nitrogen and oxygen atoms in total. The maximum absolute atomic E-state index is 10.3. The minimum Gasteiger partial charge on any atom is -0.454 e. The molecule has 0 fully saturated rings. The van der Waals surface area contributed by atoms with Gasteiger partial charge in [-0.15, -0.1) is 0 Å². The van der Waals surface area contributed by atoms with E-state index in [-0.39, 0.29) is 0 Å². The van der Waals surface area contributed by atoms with Gasteiger partial charge in [-0.25, -0.2) is 0 Å². The van der Waals surface area contributed by atoms with Crippen LogP contribution < -0.4 is 9.80 Å². The van der Waals surface area contributed by atoms with Crippen LogP contribution in [0.3, 0.4) is 0 Å². The first-order valence-corrected chi connectivity index (χ1v) is 23.9. The van der Waals surface area contributed by atoms with Gasteiger partial charge in [-0.2, -0.15) is 10.5 Å². The highest BCUT2D eigenvalue weighted by atomic mass is 16.3. The summed E-state index contributed by atoms with van der Waals surface area (Å²) in [6.45, 7) is 0. The SMILES string of the molecule is N#Cc1ccc(N(c2cc3ccc(N(c4ccc(C#N)cc4-c4ccccc4)c4cccc5c4oc4ccccc45)c4ccc5cccc2c5c34)c2cccc3c2oc2ccccc23)c(-c2ccccc2)c1. The molecule has 0 spiro atoms. The Morgan fingerprint density at radius 3 is 1.32 bits per heavy atom. The van der Waals surface area contributed by atoms with Crippen LogP contribution in [0.2, 0.25) is 0 Å². The molecule has 72 heavy (non-hydrogen) atoms. The molecule has 14 aromatic rings. The second kappa shape index (κ2) is 16.2. The van der Waals surface area contributed by atoms with Gasteiger partial charge in [-0.05, 0) is 105 Å². The van der Waals surface area contributed by atoms with Crippen molar-refractivity contribution in [1.82, 2.24) is 0 Å². The zero-order chi connectivity index (χ0) is 47.9.